The lowest BCUT2D eigenvalue weighted by molar-refractivity contribution is 0.624. The molecule has 0 bridgehead atoms. The summed E-state index contributed by atoms with van der Waals surface area (Å²) in [5, 5.41) is 0.675. The molecule has 1 heterocycles. The van der Waals surface area contributed by atoms with E-state index in [-0.39, 0.29) is 11.9 Å². The van der Waals surface area contributed by atoms with Crippen molar-refractivity contribution in [1.29, 1.82) is 0 Å². The summed E-state index contributed by atoms with van der Waals surface area (Å²) in [5.41, 5.74) is 17.0. The molecular formula is C11H11FN6. The second kappa shape index (κ2) is 4.66. The lowest BCUT2D eigenvalue weighted by Crippen LogP contribution is -2.26. The van der Waals surface area contributed by atoms with Gasteiger partial charge in [-0.2, -0.15) is 4.99 Å². The molecule has 2 aromatic rings. The molecule has 0 fully saturated rings. The Bertz CT molecular complexity index is 645. The lowest BCUT2D eigenvalue weighted by Gasteiger charge is -1.99. The zero-order chi connectivity index (χ0) is 13.1. The van der Waals surface area contributed by atoms with Crippen LogP contribution in [0.3, 0.4) is 0 Å². The summed E-state index contributed by atoms with van der Waals surface area (Å²) < 4.78 is 12.9. The van der Waals surface area contributed by atoms with Crippen LogP contribution in [0.2, 0.25) is 0 Å². The van der Waals surface area contributed by atoms with Gasteiger partial charge in [-0.1, -0.05) is 6.07 Å². The molecule has 7 heteroatoms. The number of guanidine groups is 2. The van der Waals surface area contributed by atoms with Crippen LogP contribution in [-0.2, 0) is 0 Å². The number of hydrogen-bond acceptors (Lipinski definition) is 2. The van der Waals surface area contributed by atoms with Crippen LogP contribution in [0.15, 0.2) is 40.4 Å². The highest BCUT2D eigenvalue weighted by Crippen LogP contribution is 2.20. The molecule has 0 amide bonds. The number of hydrogen-bond donors (Lipinski definition) is 3. The number of pyridine rings is 1. The summed E-state index contributed by atoms with van der Waals surface area (Å²) in [4.78, 5) is 11.5. The van der Waals surface area contributed by atoms with Gasteiger partial charge in [0.2, 0.25) is 5.96 Å². The first-order valence-electron chi connectivity index (χ1n) is 5.04. The van der Waals surface area contributed by atoms with Crippen molar-refractivity contribution in [2.75, 3.05) is 0 Å². The molecule has 2 rings (SSSR count). The van der Waals surface area contributed by atoms with E-state index in [1.54, 1.807) is 18.2 Å². The predicted molar refractivity (Wildman–Crippen MR) is 68.8 cm³/mol. The Morgan fingerprint density at radius 3 is 2.67 bits per heavy atom. The van der Waals surface area contributed by atoms with Gasteiger partial charge in [0.1, 0.15) is 5.82 Å². The van der Waals surface area contributed by atoms with Gasteiger partial charge >= 0.3 is 0 Å². The average Bonchev–Trinajstić information content (AvgIpc) is 2.28. The Labute approximate surface area is 102 Å². The van der Waals surface area contributed by atoms with Gasteiger partial charge in [0.05, 0.1) is 17.4 Å². The summed E-state index contributed by atoms with van der Waals surface area (Å²) >= 11 is 0. The maximum Gasteiger partial charge on any atom is 0.223 e. The van der Waals surface area contributed by atoms with Gasteiger partial charge in [0.25, 0.3) is 0 Å². The maximum absolute atomic E-state index is 12.9. The molecule has 0 spiro atoms. The molecular weight excluding hydrogens is 235 g/mol. The van der Waals surface area contributed by atoms with E-state index < -0.39 is 5.82 Å². The minimum Gasteiger partial charge on any atom is -0.370 e. The van der Waals surface area contributed by atoms with Crippen LogP contribution >= 0.6 is 0 Å². The molecule has 0 aliphatic heterocycles. The van der Waals surface area contributed by atoms with Gasteiger partial charge < -0.3 is 17.2 Å². The first-order chi connectivity index (χ1) is 8.54. The van der Waals surface area contributed by atoms with Gasteiger partial charge in [-0.05, 0) is 18.2 Å². The number of fused-ring (bicyclic) bond motifs is 1. The number of rotatable bonds is 1. The molecule has 0 aliphatic carbocycles. The molecule has 6 N–H and O–H groups in total. The molecule has 18 heavy (non-hydrogen) atoms. The Kier molecular flexibility index (Phi) is 3.05. The van der Waals surface area contributed by atoms with Gasteiger partial charge in [-0.25, -0.2) is 9.38 Å². The van der Waals surface area contributed by atoms with E-state index in [0.29, 0.717) is 16.6 Å². The number of aromatic nitrogens is 1. The second-order valence-corrected chi connectivity index (χ2v) is 3.54. The Balaban J connectivity index is 2.42. The summed E-state index contributed by atoms with van der Waals surface area (Å²) in [5.74, 6) is -0.618. The summed E-state index contributed by atoms with van der Waals surface area (Å²) in [6.45, 7) is 0. The molecule has 0 atom stereocenters. The molecule has 0 saturated carbocycles. The SMILES string of the molecule is NC(N)=NC(N)=Nc1ccc2cc(F)cnc2c1. The first-order valence-corrected chi connectivity index (χ1v) is 5.04. The zero-order valence-electron chi connectivity index (χ0n) is 9.34. The quantitative estimate of drug-likeness (QED) is 0.504. The summed E-state index contributed by atoms with van der Waals surface area (Å²) in [6.07, 6.45) is 1.13. The summed E-state index contributed by atoms with van der Waals surface area (Å²) in [7, 11) is 0. The normalized spacial score (nSPS) is 11.5. The largest absolute Gasteiger partial charge is 0.370 e. The molecule has 6 nitrogen and oxygen atoms in total. The molecule has 0 unspecified atom stereocenters. The number of nitrogens with two attached hydrogens (primary N) is 3. The Morgan fingerprint density at radius 2 is 1.94 bits per heavy atom. The monoisotopic (exact) mass is 246 g/mol. The van der Waals surface area contributed by atoms with E-state index in [2.05, 4.69) is 15.0 Å². The van der Waals surface area contributed by atoms with Crippen molar-refractivity contribution < 1.29 is 4.39 Å². The third-order valence-corrected chi connectivity index (χ3v) is 2.12. The third kappa shape index (κ3) is 2.70. The van der Waals surface area contributed by atoms with Crippen molar-refractivity contribution >= 4 is 28.5 Å². The minimum atomic E-state index is -0.390. The van der Waals surface area contributed by atoms with Gasteiger partial charge in [-0.15, -0.1) is 0 Å². The van der Waals surface area contributed by atoms with E-state index >= 15 is 0 Å². The van der Waals surface area contributed by atoms with Crippen LogP contribution < -0.4 is 17.2 Å². The zero-order valence-corrected chi connectivity index (χ0v) is 9.34. The van der Waals surface area contributed by atoms with E-state index in [1.165, 1.54) is 6.07 Å². The van der Waals surface area contributed by atoms with Gasteiger partial charge in [0, 0.05) is 5.39 Å². The van der Waals surface area contributed by atoms with Crippen molar-refractivity contribution in [2.24, 2.45) is 27.2 Å². The Hall–Kier alpha value is -2.70. The lowest BCUT2D eigenvalue weighted by atomic mass is 10.2. The highest BCUT2D eigenvalue weighted by molar-refractivity contribution is 5.94. The van der Waals surface area contributed by atoms with Crippen molar-refractivity contribution in [3.63, 3.8) is 0 Å². The molecule has 1 aromatic heterocycles. The molecule has 0 saturated heterocycles. The summed E-state index contributed by atoms with van der Waals surface area (Å²) in [6, 6.07) is 6.39. The van der Waals surface area contributed by atoms with Crippen molar-refractivity contribution in [2.45, 2.75) is 0 Å². The fourth-order valence-corrected chi connectivity index (χ4v) is 1.44. The van der Waals surface area contributed by atoms with Crippen LogP contribution in [0.5, 0.6) is 0 Å². The van der Waals surface area contributed by atoms with Crippen LogP contribution in [0.1, 0.15) is 0 Å². The van der Waals surface area contributed by atoms with E-state index in [0.717, 1.165) is 6.20 Å². The molecule has 92 valence electrons. The van der Waals surface area contributed by atoms with E-state index in [1.807, 2.05) is 0 Å². The van der Waals surface area contributed by atoms with Crippen LogP contribution in [0, 0.1) is 5.82 Å². The fourth-order valence-electron chi connectivity index (χ4n) is 1.44. The highest BCUT2D eigenvalue weighted by Gasteiger charge is 1.99. The van der Waals surface area contributed by atoms with Crippen molar-refractivity contribution in [3.8, 4) is 0 Å². The molecule has 0 radical (unpaired) electrons. The highest BCUT2D eigenvalue weighted by atomic mass is 19.1. The second-order valence-electron chi connectivity index (χ2n) is 3.54. The van der Waals surface area contributed by atoms with E-state index in [9.17, 15) is 4.39 Å². The fraction of sp³-hybridized carbons (Fsp3) is 0. The van der Waals surface area contributed by atoms with Gasteiger partial charge in [-0.3, -0.25) is 4.98 Å². The topological polar surface area (TPSA) is 116 Å². The smallest absolute Gasteiger partial charge is 0.223 e. The van der Waals surface area contributed by atoms with Crippen LogP contribution in [0.4, 0.5) is 10.1 Å². The maximum atomic E-state index is 12.9. The van der Waals surface area contributed by atoms with Crippen LogP contribution in [-0.4, -0.2) is 16.9 Å². The standard InChI is InChI=1S/C11H11FN6/c12-7-3-6-1-2-8(4-9(6)16-5-7)17-11(15)18-10(13)14/h1-5H,(H6,13,14,15,17,18). The van der Waals surface area contributed by atoms with Gasteiger partial charge in [0.15, 0.2) is 5.96 Å². The van der Waals surface area contributed by atoms with Crippen LogP contribution in [0.25, 0.3) is 10.9 Å². The number of benzene rings is 1. The van der Waals surface area contributed by atoms with E-state index in [4.69, 9.17) is 17.2 Å². The predicted octanol–water partition coefficient (Wildman–Crippen LogP) is 0.594. The van der Waals surface area contributed by atoms with Crippen molar-refractivity contribution in [1.82, 2.24) is 4.98 Å². The number of aliphatic imine (C=N–C) groups is 2. The molecule has 0 aliphatic rings. The average molecular weight is 246 g/mol. The van der Waals surface area contributed by atoms with Crippen molar-refractivity contribution in [3.05, 3.63) is 36.3 Å². The Morgan fingerprint density at radius 1 is 1.17 bits per heavy atom. The number of nitrogens with zero attached hydrogens (tertiary/aromatic N) is 3. The third-order valence-electron chi connectivity index (χ3n) is 2.12. The first kappa shape index (κ1) is 11.8. The number of halogens is 1. The minimum absolute atomic E-state index is 0.0588. The molecule has 1 aromatic carbocycles.